The van der Waals surface area contributed by atoms with Crippen molar-refractivity contribution in [1.29, 1.82) is 0 Å². The smallest absolute Gasteiger partial charge is 0.0929 e. The van der Waals surface area contributed by atoms with Crippen molar-refractivity contribution in [3.63, 3.8) is 0 Å². The Kier molecular flexibility index (Phi) is 5.46. The summed E-state index contributed by atoms with van der Waals surface area (Å²) < 4.78 is 0. The molecular formula is C14H24ClNS. The normalized spacial score (nSPS) is 14.3. The van der Waals surface area contributed by atoms with E-state index in [9.17, 15) is 0 Å². The summed E-state index contributed by atoms with van der Waals surface area (Å²) in [5.41, 5.74) is 1.36. The van der Waals surface area contributed by atoms with Crippen LogP contribution in [-0.2, 0) is 11.8 Å². The highest BCUT2D eigenvalue weighted by molar-refractivity contribution is 7.09. The van der Waals surface area contributed by atoms with E-state index in [1.54, 1.807) is 11.3 Å². The maximum atomic E-state index is 6.30. The molecule has 0 saturated heterocycles. The van der Waals surface area contributed by atoms with E-state index in [2.05, 4.69) is 40.0 Å². The molecule has 0 saturated carbocycles. The van der Waals surface area contributed by atoms with E-state index in [1.165, 1.54) is 10.7 Å². The van der Waals surface area contributed by atoms with Crippen LogP contribution in [0.1, 0.15) is 58.2 Å². The van der Waals surface area contributed by atoms with Gasteiger partial charge in [-0.2, -0.15) is 0 Å². The van der Waals surface area contributed by atoms with E-state index in [0.717, 1.165) is 19.3 Å². The van der Waals surface area contributed by atoms with E-state index in [0.29, 0.717) is 5.92 Å². The first-order valence-corrected chi connectivity index (χ1v) is 7.69. The molecule has 0 aliphatic heterocycles. The molecule has 1 heterocycles. The van der Waals surface area contributed by atoms with Gasteiger partial charge in [0, 0.05) is 22.6 Å². The molecule has 0 fully saturated rings. The van der Waals surface area contributed by atoms with Gasteiger partial charge in [-0.25, -0.2) is 4.98 Å². The van der Waals surface area contributed by atoms with E-state index < -0.39 is 0 Å². The van der Waals surface area contributed by atoms with Gasteiger partial charge in [0.25, 0.3) is 0 Å². The Morgan fingerprint density at radius 3 is 2.47 bits per heavy atom. The van der Waals surface area contributed by atoms with E-state index in [1.807, 2.05) is 0 Å². The number of rotatable bonds is 5. The lowest BCUT2D eigenvalue weighted by Gasteiger charge is -2.14. The molecule has 0 aliphatic carbocycles. The summed E-state index contributed by atoms with van der Waals surface area (Å²) >= 11 is 8.07. The Morgan fingerprint density at radius 2 is 2.00 bits per heavy atom. The monoisotopic (exact) mass is 273 g/mol. The van der Waals surface area contributed by atoms with Crippen LogP contribution in [0.5, 0.6) is 0 Å². The topological polar surface area (TPSA) is 12.9 Å². The van der Waals surface area contributed by atoms with Crippen LogP contribution in [0.2, 0.25) is 0 Å². The van der Waals surface area contributed by atoms with E-state index in [4.69, 9.17) is 16.6 Å². The summed E-state index contributed by atoms with van der Waals surface area (Å²) in [5.74, 6) is 0.680. The summed E-state index contributed by atoms with van der Waals surface area (Å²) in [7, 11) is 0. The molecule has 0 spiro atoms. The van der Waals surface area contributed by atoms with Gasteiger partial charge >= 0.3 is 0 Å². The predicted molar refractivity (Wildman–Crippen MR) is 78.2 cm³/mol. The van der Waals surface area contributed by atoms with Gasteiger partial charge in [-0.1, -0.05) is 34.6 Å². The molecule has 17 heavy (non-hydrogen) atoms. The number of thiazole rings is 1. The fourth-order valence-electron chi connectivity index (χ4n) is 1.68. The molecule has 1 nitrogen and oxygen atoms in total. The zero-order valence-electron chi connectivity index (χ0n) is 11.6. The van der Waals surface area contributed by atoms with Gasteiger partial charge < -0.3 is 0 Å². The third-order valence-electron chi connectivity index (χ3n) is 2.72. The first kappa shape index (κ1) is 15.0. The number of aromatic nitrogens is 1. The third-order valence-corrected chi connectivity index (χ3v) is 4.02. The molecule has 98 valence electrons. The Hall–Kier alpha value is -0.0800. The zero-order valence-corrected chi connectivity index (χ0v) is 13.2. The van der Waals surface area contributed by atoms with Crippen molar-refractivity contribution in [1.82, 2.24) is 4.98 Å². The summed E-state index contributed by atoms with van der Waals surface area (Å²) in [5, 5.41) is 3.70. The number of nitrogens with zero attached hydrogens (tertiary/aromatic N) is 1. The number of hydrogen-bond donors (Lipinski definition) is 0. The van der Waals surface area contributed by atoms with Gasteiger partial charge in [0.2, 0.25) is 0 Å². The lowest BCUT2D eigenvalue weighted by atomic mass is 9.93. The van der Waals surface area contributed by atoms with Crippen LogP contribution in [0.4, 0.5) is 0 Å². The van der Waals surface area contributed by atoms with E-state index in [-0.39, 0.29) is 10.8 Å². The quantitative estimate of drug-likeness (QED) is 0.686. The van der Waals surface area contributed by atoms with Crippen molar-refractivity contribution in [3.8, 4) is 0 Å². The van der Waals surface area contributed by atoms with Gasteiger partial charge in [-0.3, -0.25) is 0 Å². The van der Waals surface area contributed by atoms with Crippen LogP contribution in [-0.4, -0.2) is 10.4 Å². The lowest BCUT2D eigenvalue weighted by Crippen LogP contribution is -2.11. The second kappa shape index (κ2) is 6.19. The summed E-state index contributed by atoms with van der Waals surface area (Å²) in [6, 6.07) is 0. The number of hydrogen-bond acceptors (Lipinski definition) is 2. The SMILES string of the molecule is CC(C)CC(Cl)CCc1nc(C(C)(C)C)cs1. The first-order chi connectivity index (χ1) is 7.79. The molecule has 0 radical (unpaired) electrons. The van der Waals surface area contributed by atoms with Gasteiger partial charge in [0.15, 0.2) is 0 Å². The highest BCUT2D eigenvalue weighted by Crippen LogP contribution is 2.25. The van der Waals surface area contributed by atoms with E-state index >= 15 is 0 Å². The molecule has 1 unspecified atom stereocenters. The van der Waals surface area contributed by atoms with Crippen molar-refractivity contribution in [2.75, 3.05) is 0 Å². The second-order valence-corrected chi connectivity index (χ2v) is 7.70. The first-order valence-electron chi connectivity index (χ1n) is 6.38. The predicted octanol–water partition coefficient (Wildman–Crippen LogP) is 5.03. The number of aryl methyl sites for hydroxylation is 1. The highest BCUT2D eigenvalue weighted by Gasteiger charge is 2.17. The second-order valence-electron chi connectivity index (χ2n) is 6.14. The largest absolute Gasteiger partial charge is 0.246 e. The van der Waals surface area contributed by atoms with Crippen LogP contribution >= 0.6 is 22.9 Å². The molecule has 1 atom stereocenters. The minimum atomic E-state index is 0.160. The lowest BCUT2D eigenvalue weighted by molar-refractivity contribution is 0.541. The molecule has 0 N–H and O–H groups in total. The molecule has 0 aliphatic rings. The minimum Gasteiger partial charge on any atom is -0.246 e. The third kappa shape index (κ3) is 5.39. The molecule has 1 rings (SSSR count). The average Bonchev–Trinajstić information content (AvgIpc) is 2.61. The maximum Gasteiger partial charge on any atom is 0.0929 e. The minimum absolute atomic E-state index is 0.160. The molecule has 1 aromatic rings. The van der Waals surface area contributed by atoms with Crippen LogP contribution in [0.15, 0.2) is 5.38 Å². The van der Waals surface area contributed by atoms with Crippen LogP contribution in [0.25, 0.3) is 0 Å². The molecular weight excluding hydrogens is 250 g/mol. The molecule has 1 aromatic heterocycles. The summed E-state index contributed by atoms with van der Waals surface area (Å²) in [6.45, 7) is 11.0. The van der Waals surface area contributed by atoms with Gasteiger partial charge in [0.1, 0.15) is 0 Å². The molecule has 0 bridgehead atoms. The zero-order chi connectivity index (χ0) is 13.1. The average molecular weight is 274 g/mol. The number of alkyl halides is 1. The molecule has 3 heteroatoms. The van der Waals surface area contributed by atoms with Crippen LogP contribution in [0.3, 0.4) is 0 Å². The summed E-state index contributed by atoms with van der Waals surface area (Å²) in [4.78, 5) is 4.69. The maximum absolute atomic E-state index is 6.30. The Morgan fingerprint density at radius 1 is 1.35 bits per heavy atom. The van der Waals surface area contributed by atoms with Crippen molar-refractivity contribution in [3.05, 3.63) is 16.1 Å². The Balaban J connectivity index is 2.45. The summed E-state index contributed by atoms with van der Waals surface area (Å²) in [6.07, 6.45) is 3.15. The van der Waals surface area contributed by atoms with Crippen LogP contribution < -0.4 is 0 Å². The van der Waals surface area contributed by atoms with Crippen molar-refractivity contribution in [2.45, 2.75) is 64.7 Å². The van der Waals surface area contributed by atoms with Gasteiger partial charge in [0.05, 0.1) is 10.7 Å². The van der Waals surface area contributed by atoms with Crippen LogP contribution in [0, 0.1) is 5.92 Å². The van der Waals surface area contributed by atoms with Gasteiger partial charge in [-0.05, 0) is 18.8 Å². The van der Waals surface area contributed by atoms with Crippen molar-refractivity contribution >= 4 is 22.9 Å². The standard InChI is InChI=1S/C14H24ClNS/c1-10(2)8-11(15)6-7-13-16-12(9-17-13)14(3,4)5/h9-11H,6-8H2,1-5H3. The Labute approximate surface area is 115 Å². The number of halogens is 1. The molecule has 0 amide bonds. The Bertz CT molecular complexity index is 338. The highest BCUT2D eigenvalue weighted by atomic mass is 35.5. The fourth-order valence-corrected chi connectivity index (χ4v) is 3.19. The van der Waals surface area contributed by atoms with Crippen molar-refractivity contribution in [2.24, 2.45) is 5.92 Å². The van der Waals surface area contributed by atoms with Gasteiger partial charge in [-0.15, -0.1) is 22.9 Å². The van der Waals surface area contributed by atoms with Crippen molar-refractivity contribution < 1.29 is 0 Å². The fraction of sp³-hybridized carbons (Fsp3) is 0.786. The molecule has 0 aromatic carbocycles.